The Bertz CT molecular complexity index is 679. The summed E-state index contributed by atoms with van der Waals surface area (Å²) in [5, 5.41) is 3.05. The van der Waals surface area contributed by atoms with Crippen molar-refractivity contribution in [3.8, 4) is 5.75 Å². The summed E-state index contributed by atoms with van der Waals surface area (Å²) in [5.74, 6) is 0.857. The summed E-state index contributed by atoms with van der Waals surface area (Å²) in [5.41, 5.74) is 4.75. The monoisotopic (exact) mass is 311 g/mol. The van der Waals surface area contributed by atoms with Crippen molar-refractivity contribution in [1.82, 2.24) is 5.32 Å². The number of nitrogens with one attached hydrogen (secondary N) is 1. The summed E-state index contributed by atoms with van der Waals surface area (Å²) in [6.45, 7) is 6.18. The molecule has 0 saturated heterocycles. The van der Waals surface area contributed by atoms with Crippen LogP contribution in [0.1, 0.15) is 41.6 Å². The van der Waals surface area contributed by atoms with Gasteiger partial charge in [0.15, 0.2) is 0 Å². The molecule has 0 saturated carbocycles. The number of ether oxygens (including phenoxy) is 1. The Hall–Kier alpha value is -2.29. The molecule has 2 aromatic carbocycles. The molecule has 0 aliphatic heterocycles. The zero-order chi connectivity index (χ0) is 16.8. The SMILES string of the molecule is COc1ccccc1[C@@H](C)NC(=O)CCc1ccc(C)c(C)c1. The summed E-state index contributed by atoms with van der Waals surface area (Å²) in [6.07, 6.45) is 1.24. The molecule has 0 aliphatic carbocycles. The molecule has 2 rings (SSSR count). The summed E-state index contributed by atoms with van der Waals surface area (Å²) >= 11 is 0. The molecule has 3 nitrogen and oxygen atoms in total. The molecule has 0 fully saturated rings. The fourth-order valence-corrected chi connectivity index (χ4v) is 2.63. The second kappa shape index (κ2) is 7.82. The first-order valence-electron chi connectivity index (χ1n) is 7.99. The first-order chi connectivity index (χ1) is 11.0. The lowest BCUT2D eigenvalue weighted by molar-refractivity contribution is -0.121. The minimum absolute atomic E-state index is 0.0571. The largest absolute Gasteiger partial charge is 0.496 e. The summed E-state index contributed by atoms with van der Waals surface area (Å²) < 4.78 is 5.35. The van der Waals surface area contributed by atoms with E-state index >= 15 is 0 Å². The zero-order valence-corrected chi connectivity index (χ0v) is 14.3. The van der Waals surface area contributed by atoms with Crippen LogP contribution in [-0.4, -0.2) is 13.0 Å². The standard InChI is InChI=1S/C20H25NO2/c1-14-9-10-17(13-15(14)2)11-12-20(22)21-16(3)18-7-5-6-8-19(18)23-4/h5-10,13,16H,11-12H2,1-4H3,(H,21,22)/t16-/m1/s1. The van der Waals surface area contributed by atoms with Crippen molar-refractivity contribution in [2.45, 2.75) is 39.7 Å². The van der Waals surface area contributed by atoms with Crippen LogP contribution in [0, 0.1) is 13.8 Å². The molecule has 1 atom stereocenters. The van der Waals surface area contributed by atoms with Crippen molar-refractivity contribution in [2.24, 2.45) is 0 Å². The van der Waals surface area contributed by atoms with E-state index < -0.39 is 0 Å². The number of benzene rings is 2. The lowest BCUT2D eigenvalue weighted by Gasteiger charge is -2.17. The fourth-order valence-electron chi connectivity index (χ4n) is 2.63. The average molecular weight is 311 g/mol. The Kier molecular flexibility index (Phi) is 5.80. The average Bonchev–Trinajstić information content (AvgIpc) is 2.55. The highest BCUT2D eigenvalue weighted by atomic mass is 16.5. The van der Waals surface area contributed by atoms with E-state index in [4.69, 9.17) is 4.74 Å². The quantitative estimate of drug-likeness (QED) is 0.871. The van der Waals surface area contributed by atoms with Gasteiger partial charge in [0.1, 0.15) is 5.75 Å². The van der Waals surface area contributed by atoms with E-state index in [0.29, 0.717) is 6.42 Å². The van der Waals surface area contributed by atoms with E-state index in [9.17, 15) is 4.79 Å². The Morgan fingerprint density at radius 3 is 2.57 bits per heavy atom. The van der Waals surface area contributed by atoms with Crippen LogP contribution in [0.3, 0.4) is 0 Å². The Balaban J connectivity index is 1.92. The topological polar surface area (TPSA) is 38.3 Å². The van der Waals surface area contributed by atoms with Crippen LogP contribution in [0.5, 0.6) is 5.75 Å². The predicted octanol–water partition coefficient (Wildman–Crippen LogP) is 4.12. The van der Waals surface area contributed by atoms with Gasteiger partial charge < -0.3 is 10.1 Å². The minimum Gasteiger partial charge on any atom is -0.496 e. The lowest BCUT2D eigenvalue weighted by Crippen LogP contribution is -2.27. The maximum absolute atomic E-state index is 12.2. The van der Waals surface area contributed by atoms with Gasteiger partial charge in [-0.05, 0) is 49.9 Å². The molecule has 0 spiro atoms. The van der Waals surface area contributed by atoms with Crippen LogP contribution in [0.15, 0.2) is 42.5 Å². The molecule has 23 heavy (non-hydrogen) atoms. The maximum atomic E-state index is 12.2. The third kappa shape index (κ3) is 4.59. The van der Waals surface area contributed by atoms with Gasteiger partial charge in [-0.1, -0.05) is 36.4 Å². The molecule has 122 valence electrons. The fraction of sp³-hybridized carbons (Fsp3) is 0.350. The second-order valence-electron chi connectivity index (χ2n) is 5.95. The zero-order valence-electron chi connectivity index (χ0n) is 14.3. The van der Waals surface area contributed by atoms with E-state index in [1.165, 1.54) is 16.7 Å². The van der Waals surface area contributed by atoms with Crippen molar-refractivity contribution < 1.29 is 9.53 Å². The predicted molar refractivity (Wildman–Crippen MR) is 93.8 cm³/mol. The molecule has 3 heteroatoms. The van der Waals surface area contributed by atoms with Crippen molar-refractivity contribution in [3.63, 3.8) is 0 Å². The number of para-hydroxylation sites is 1. The normalized spacial score (nSPS) is 11.8. The summed E-state index contributed by atoms with van der Waals surface area (Å²) in [7, 11) is 1.65. The van der Waals surface area contributed by atoms with Gasteiger partial charge in [0.2, 0.25) is 5.91 Å². The number of aryl methyl sites for hydroxylation is 3. The molecule has 1 N–H and O–H groups in total. The minimum atomic E-state index is -0.0709. The third-order valence-electron chi connectivity index (χ3n) is 4.19. The number of amides is 1. The highest BCUT2D eigenvalue weighted by Gasteiger charge is 2.13. The van der Waals surface area contributed by atoms with Crippen LogP contribution in [0.25, 0.3) is 0 Å². The molecular formula is C20H25NO2. The number of rotatable bonds is 6. The molecule has 2 aromatic rings. The number of carbonyl (C=O) groups excluding carboxylic acids is 1. The number of hydrogen-bond donors (Lipinski definition) is 1. The highest BCUT2D eigenvalue weighted by Crippen LogP contribution is 2.24. The molecule has 0 unspecified atom stereocenters. The third-order valence-corrected chi connectivity index (χ3v) is 4.19. The van der Waals surface area contributed by atoms with E-state index in [2.05, 4.69) is 37.4 Å². The first kappa shape index (κ1) is 17.1. The van der Waals surface area contributed by atoms with E-state index in [-0.39, 0.29) is 11.9 Å². The van der Waals surface area contributed by atoms with Gasteiger partial charge in [-0.25, -0.2) is 0 Å². The molecule has 0 bridgehead atoms. The van der Waals surface area contributed by atoms with E-state index in [0.717, 1.165) is 17.7 Å². The second-order valence-corrected chi connectivity index (χ2v) is 5.95. The van der Waals surface area contributed by atoms with Gasteiger partial charge in [0.25, 0.3) is 0 Å². The Morgan fingerprint density at radius 1 is 1.13 bits per heavy atom. The van der Waals surface area contributed by atoms with Gasteiger partial charge in [-0.15, -0.1) is 0 Å². The van der Waals surface area contributed by atoms with Gasteiger partial charge >= 0.3 is 0 Å². The van der Waals surface area contributed by atoms with Gasteiger partial charge in [0, 0.05) is 12.0 Å². The molecular weight excluding hydrogens is 286 g/mol. The number of carbonyl (C=O) groups is 1. The number of hydrogen-bond acceptors (Lipinski definition) is 2. The molecule has 0 aliphatic rings. The summed E-state index contributed by atoms with van der Waals surface area (Å²) in [6, 6.07) is 14.1. The van der Waals surface area contributed by atoms with Crippen molar-refractivity contribution in [3.05, 3.63) is 64.7 Å². The smallest absolute Gasteiger partial charge is 0.220 e. The van der Waals surface area contributed by atoms with Gasteiger partial charge in [-0.2, -0.15) is 0 Å². The van der Waals surface area contributed by atoms with Crippen molar-refractivity contribution >= 4 is 5.91 Å². The molecule has 0 heterocycles. The first-order valence-corrected chi connectivity index (χ1v) is 7.99. The van der Waals surface area contributed by atoms with E-state index in [1.54, 1.807) is 7.11 Å². The van der Waals surface area contributed by atoms with Crippen LogP contribution < -0.4 is 10.1 Å². The van der Waals surface area contributed by atoms with Crippen molar-refractivity contribution in [1.29, 1.82) is 0 Å². The van der Waals surface area contributed by atoms with Crippen LogP contribution in [0.4, 0.5) is 0 Å². The van der Waals surface area contributed by atoms with E-state index in [1.807, 2.05) is 31.2 Å². The molecule has 0 aromatic heterocycles. The number of methoxy groups -OCH3 is 1. The van der Waals surface area contributed by atoms with Crippen LogP contribution in [0.2, 0.25) is 0 Å². The van der Waals surface area contributed by atoms with Gasteiger partial charge in [0.05, 0.1) is 13.2 Å². The Morgan fingerprint density at radius 2 is 1.87 bits per heavy atom. The maximum Gasteiger partial charge on any atom is 0.220 e. The van der Waals surface area contributed by atoms with Crippen molar-refractivity contribution in [2.75, 3.05) is 7.11 Å². The molecule has 0 radical (unpaired) electrons. The van der Waals surface area contributed by atoms with Crippen LogP contribution in [-0.2, 0) is 11.2 Å². The Labute approximate surface area is 138 Å². The highest BCUT2D eigenvalue weighted by molar-refractivity contribution is 5.76. The van der Waals surface area contributed by atoms with Gasteiger partial charge in [-0.3, -0.25) is 4.79 Å². The lowest BCUT2D eigenvalue weighted by atomic mass is 10.0. The summed E-state index contributed by atoms with van der Waals surface area (Å²) in [4.78, 5) is 12.2. The molecule has 1 amide bonds. The van der Waals surface area contributed by atoms with Crippen LogP contribution >= 0.6 is 0 Å².